The summed E-state index contributed by atoms with van der Waals surface area (Å²) in [4.78, 5) is 2.98. The Morgan fingerprint density at radius 1 is 1.45 bits per heavy atom. The fraction of sp³-hybridized carbons (Fsp3) is 0. The van der Waals surface area contributed by atoms with Crippen molar-refractivity contribution in [2.24, 2.45) is 10.7 Å². The standard InChI is InChI=1S/C5H2N5.Na/c6-1-4(2-7)5(9)10-3-8;/h(H2,9,10);/q-1;. The summed E-state index contributed by atoms with van der Waals surface area (Å²) in [5.41, 5.74) is 4.65. The summed E-state index contributed by atoms with van der Waals surface area (Å²) in [7, 11) is 0. The molecule has 2 N–H and O–H groups in total. The average molecular weight is 155 g/mol. The Bertz CT molecular complexity index is 285. The van der Waals surface area contributed by atoms with Crippen molar-refractivity contribution in [1.82, 2.24) is 0 Å². The van der Waals surface area contributed by atoms with Gasteiger partial charge >= 0.3 is 0 Å². The van der Waals surface area contributed by atoms with Crippen LogP contribution in [0, 0.1) is 22.8 Å². The Kier molecular flexibility index (Phi) is 8.01. The molecule has 0 heterocycles. The molecule has 0 aliphatic rings. The number of hydrogen-bond acceptors (Lipinski definition) is 3. The van der Waals surface area contributed by atoms with E-state index in [1.54, 1.807) is 0 Å². The molecule has 49 valence electrons. The third-order valence-corrected chi connectivity index (χ3v) is 0.650. The van der Waals surface area contributed by atoms with Gasteiger partial charge in [0.25, 0.3) is 0 Å². The number of rotatable bonds is 1. The molecule has 0 bridgehead atoms. The van der Waals surface area contributed by atoms with E-state index < -0.39 is 0 Å². The number of amidine groups is 1. The van der Waals surface area contributed by atoms with Crippen LogP contribution in [-0.4, -0.2) is 41.3 Å². The van der Waals surface area contributed by atoms with E-state index in [2.05, 4.69) is 4.99 Å². The Morgan fingerprint density at radius 3 is 2.27 bits per heavy atom. The van der Waals surface area contributed by atoms with Gasteiger partial charge in [-0.05, 0) is 0 Å². The van der Waals surface area contributed by atoms with Gasteiger partial charge < -0.3 is 11.1 Å². The molecule has 0 aliphatic carbocycles. The van der Waals surface area contributed by atoms with Crippen LogP contribution in [0.1, 0.15) is 0 Å². The SMILES string of the molecule is N#CN=C(N)C(=C=[N-])C#N.[Na]. The van der Waals surface area contributed by atoms with Crippen LogP contribution in [-0.2, 0) is 0 Å². The van der Waals surface area contributed by atoms with Gasteiger partial charge in [0.05, 0.1) is 0 Å². The molecule has 1 radical (unpaired) electrons. The maximum Gasteiger partial charge on any atom is 0.207 e. The zero-order valence-corrected chi connectivity index (χ0v) is 7.87. The van der Waals surface area contributed by atoms with E-state index in [0.717, 1.165) is 0 Å². The second-order valence-electron chi connectivity index (χ2n) is 1.20. The van der Waals surface area contributed by atoms with Crippen LogP contribution >= 0.6 is 0 Å². The van der Waals surface area contributed by atoms with Crippen LogP contribution in [0.4, 0.5) is 0 Å². The number of aliphatic imine (C=N–C) groups is 1. The average Bonchev–Trinajstić information content (AvgIpc) is 1.91. The molecule has 0 rings (SSSR count). The quantitative estimate of drug-likeness (QED) is 0.175. The Morgan fingerprint density at radius 2 is 2.00 bits per heavy atom. The topological polar surface area (TPSA) is 108 Å². The van der Waals surface area contributed by atoms with Crippen molar-refractivity contribution in [2.45, 2.75) is 0 Å². The summed E-state index contributed by atoms with van der Waals surface area (Å²) in [5.74, 6) is 1.14. The molecule has 0 atom stereocenters. The van der Waals surface area contributed by atoms with E-state index in [-0.39, 0.29) is 41.0 Å². The molecule has 0 saturated heterocycles. The molecule has 11 heavy (non-hydrogen) atoms. The maximum absolute atomic E-state index is 8.14. The molecular weight excluding hydrogens is 153 g/mol. The molecule has 0 aliphatic heterocycles. The van der Waals surface area contributed by atoms with Crippen molar-refractivity contribution >= 4 is 41.3 Å². The van der Waals surface area contributed by atoms with Gasteiger partial charge in [0.2, 0.25) is 6.19 Å². The van der Waals surface area contributed by atoms with Crippen molar-refractivity contribution in [3.63, 3.8) is 0 Å². The molecule has 0 aromatic carbocycles. The van der Waals surface area contributed by atoms with Crippen LogP contribution in [0.3, 0.4) is 0 Å². The Balaban J connectivity index is 0. The molecule has 0 aromatic rings. The first-order valence-corrected chi connectivity index (χ1v) is 2.16. The number of hydrogen-bond donors (Lipinski definition) is 1. The third kappa shape index (κ3) is 4.32. The van der Waals surface area contributed by atoms with Crippen molar-refractivity contribution in [2.75, 3.05) is 0 Å². The smallest absolute Gasteiger partial charge is 0.207 e. The first kappa shape index (κ1) is 12.6. The van der Waals surface area contributed by atoms with Crippen LogP contribution < -0.4 is 5.73 Å². The Hall–Kier alpha value is -1.10. The van der Waals surface area contributed by atoms with Gasteiger partial charge in [0.15, 0.2) is 5.84 Å². The van der Waals surface area contributed by atoms with Crippen molar-refractivity contribution in [3.8, 4) is 12.3 Å². The van der Waals surface area contributed by atoms with Crippen LogP contribution in [0.2, 0.25) is 0 Å². The van der Waals surface area contributed by atoms with Crippen LogP contribution in [0.5, 0.6) is 0 Å². The van der Waals surface area contributed by atoms with Crippen molar-refractivity contribution in [3.05, 3.63) is 11.0 Å². The number of nitrogens with two attached hydrogens (primary N) is 1. The second kappa shape index (κ2) is 7.01. The van der Waals surface area contributed by atoms with Crippen LogP contribution in [0.15, 0.2) is 10.6 Å². The molecule has 6 heteroatoms. The van der Waals surface area contributed by atoms with E-state index in [9.17, 15) is 0 Å². The first-order valence-electron chi connectivity index (χ1n) is 2.16. The second-order valence-corrected chi connectivity index (χ2v) is 1.20. The monoisotopic (exact) mass is 155 g/mol. The molecule has 0 unspecified atom stereocenters. The first-order chi connectivity index (χ1) is 4.76. The zero-order valence-electron chi connectivity index (χ0n) is 5.87. The number of nitrogens with zero attached hydrogens (tertiary/aromatic N) is 4. The fourth-order valence-electron chi connectivity index (χ4n) is 0.249. The van der Waals surface area contributed by atoms with E-state index in [1.807, 2.05) is 0 Å². The summed E-state index contributed by atoms with van der Waals surface area (Å²) in [6, 6.07) is 1.48. The normalized spacial score (nSPS) is 8.00. The molecule has 0 aromatic heterocycles. The minimum Gasteiger partial charge on any atom is -0.762 e. The van der Waals surface area contributed by atoms with E-state index in [1.165, 1.54) is 18.1 Å². The number of nitriles is 2. The molecule has 0 spiro atoms. The van der Waals surface area contributed by atoms with E-state index >= 15 is 0 Å². The van der Waals surface area contributed by atoms with Gasteiger partial charge in [-0.1, -0.05) is 0 Å². The zero-order chi connectivity index (χ0) is 7.98. The predicted molar refractivity (Wildman–Crippen MR) is 40.5 cm³/mol. The van der Waals surface area contributed by atoms with E-state index in [0.29, 0.717) is 0 Å². The Labute approximate surface area is 85.6 Å². The van der Waals surface area contributed by atoms with Gasteiger partial charge in [-0.25, -0.2) is 5.87 Å². The summed E-state index contributed by atoms with van der Waals surface area (Å²) in [6.45, 7) is 0. The van der Waals surface area contributed by atoms with Gasteiger partial charge in [0.1, 0.15) is 11.6 Å². The summed E-state index contributed by atoms with van der Waals surface area (Å²) in [5, 5.41) is 24.2. The minimum atomic E-state index is -0.346. The van der Waals surface area contributed by atoms with Gasteiger partial charge in [0, 0.05) is 29.6 Å². The predicted octanol–water partition coefficient (Wildman–Crippen LogP) is -0.867. The van der Waals surface area contributed by atoms with Crippen LogP contribution in [0.25, 0.3) is 5.41 Å². The summed E-state index contributed by atoms with van der Waals surface area (Å²) in [6.07, 6.45) is 1.36. The van der Waals surface area contributed by atoms with Gasteiger partial charge in [-0.15, -0.1) is 0 Å². The van der Waals surface area contributed by atoms with Gasteiger partial charge in [-0.3, -0.25) is 0 Å². The third-order valence-electron chi connectivity index (χ3n) is 0.650. The minimum absolute atomic E-state index is 0. The molecule has 0 amide bonds. The fourth-order valence-corrected chi connectivity index (χ4v) is 0.249. The maximum atomic E-state index is 8.14. The van der Waals surface area contributed by atoms with E-state index in [4.69, 9.17) is 21.7 Å². The van der Waals surface area contributed by atoms with Gasteiger partial charge in [-0.2, -0.15) is 15.5 Å². The summed E-state index contributed by atoms with van der Waals surface area (Å²) >= 11 is 0. The van der Waals surface area contributed by atoms with Crippen molar-refractivity contribution < 1.29 is 0 Å². The largest absolute Gasteiger partial charge is 0.762 e. The molecule has 5 nitrogen and oxygen atoms in total. The molecular formula is C5H2N5Na-. The van der Waals surface area contributed by atoms with Crippen molar-refractivity contribution in [1.29, 1.82) is 10.5 Å². The molecule has 0 saturated carbocycles. The summed E-state index contributed by atoms with van der Waals surface area (Å²) < 4.78 is 0. The molecule has 0 fully saturated rings.